The Morgan fingerprint density at radius 3 is 1.65 bits per heavy atom. The van der Waals surface area contributed by atoms with Gasteiger partial charge in [-0.3, -0.25) is 4.52 Å². The highest BCUT2D eigenvalue weighted by Gasteiger charge is 2.12. The van der Waals surface area contributed by atoms with E-state index >= 15 is 0 Å². The van der Waals surface area contributed by atoms with Gasteiger partial charge < -0.3 is 9.79 Å². The number of phosphoric acid groups is 1. The fourth-order valence-electron chi connectivity index (χ4n) is 1.62. The van der Waals surface area contributed by atoms with Crippen LogP contribution in [-0.4, -0.2) is 21.7 Å². The average Bonchev–Trinajstić information content (AvgIpc) is 2.24. The van der Waals surface area contributed by atoms with Gasteiger partial charge in [0, 0.05) is 5.33 Å². The van der Waals surface area contributed by atoms with E-state index in [2.05, 4.69) is 20.5 Å². The SMILES string of the molecule is O=P(O)(O)OCCCCCCCCCCCBr. The van der Waals surface area contributed by atoms with Crippen LogP contribution in [0.1, 0.15) is 57.8 Å². The molecule has 0 unspecified atom stereocenters. The first-order valence-electron chi connectivity index (χ1n) is 6.32. The van der Waals surface area contributed by atoms with E-state index in [1.54, 1.807) is 0 Å². The monoisotopic (exact) mass is 330 g/mol. The third-order valence-corrected chi connectivity index (χ3v) is 3.62. The van der Waals surface area contributed by atoms with Crippen LogP contribution in [0.15, 0.2) is 0 Å². The maximum Gasteiger partial charge on any atom is 0.469 e. The molecule has 0 saturated heterocycles. The van der Waals surface area contributed by atoms with Crippen molar-refractivity contribution in [3.05, 3.63) is 0 Å². The van der Waals surface area contributed by atoms with Crippen LogP contribution in [0, 0.1) is 0 Å². The Balaban J connectivity index is 3.01. The lowest BCUT2D eigenvalue weighted by Crippen LogP contribution is -1.92. The lowest BCUT2D eigenvalue weighted by atomic mass is 10.1. The van der Waals surface area contributed by atoms with Gasteiger partial charge in [-0.05, 0) is 12.8 Å². The summed E-state index contributed by atoms with van der Waals surface area (Å²) in [4.78, 5) is 16.9. The molecule has 0 aromatic rings. The quantitative estimate of drug-likeness (QED) is 0.322. The number of phosphoric ester groups is 1. The summed E-state index contributed by atoms with van der Waals surface area (Å²) >= 11 is 3.41. The van der Waals surface area contributed by atoms with Crippen molar-refractivity contribution in [1.29, 1.82) is 0 Å². The zero-order chi connectivity index (χ0) is 13.0. The molecule has 0 aromatic carbocycles. The molecule has 0 aromatic heterocycles. The highest BCUT2D eigenvalue weighted by Crippen LogP contribution is 2.35. The Kier molecular flexibility index (Phi) is 12.1. The van der Waals surface area contributed by atoms with Gasteiger partial charge in [-0.1, -0.05) is 60.9 Å². The first kappa shape index (κ1) is 17.6. The minimum atomic E-state index is -4.25. The van der Waals surface area contributed by atoms with Gasteiger partial charge in [0.2, 0.25) is 0 Å². The van der Waals surface area contributed by atoms with Gasteiger partial charge in [-0.15, -0.1) is 0 Å². The molecule has 0 saturated carbocycles. The highest BCUT2D eigenvalue weighted by molar-refractivity contribution is 9.09. The molecule has 0 heterocycles. The summed E-state index contributed by atoms with van der Waals surface area (Å²) in [6, 6.07) is 0. The standard InChI is InChI=1S/C11H24BrO4P/c12-10-8-6-4-2-1-3-5-7-9-11-16-17(13,14)15/h1-11H2,(H2,13,14,15). The topological polar surface area (TPSA) is 66.8 Å². The Morgan fingerprint density at radius 2 is 1.24 bits per heavy atom. The third kappa shape index (κ3) is 16.6. The van der Waals surface area contributed by atoms with E-state index in [1.165, 1.54) is 38.5 Å². The van der Waals surface area contributed by atoms with Crippen LogP contribution in [-0.2, 0) is 9.09 Å². The molecular formula is C11H24BrO4P. The van der Waals surface area contributed by atoms with Crippen molar-refractivity contribution in [2.45, 2.75) is 57.8 Å². The number of alkyl halides is 1. The predicted molar refractivity (Wildman–Crippen MR) is 73.3 cm³/mol. The first-order valence-corrected chi connectivity index (χ1v) is 8.97. The minimum Gasteiger partial charge on any atom is -0.303 e. The van der Waals surface area contributed by atoms with E-state index in [4.69, 9.17) is 9.79 Å². The molecule has 104 valence electrons. The Hall–Kier alpha value is 0.590. The molecule has 0 atom stereocenters. The van der Waals surface area contributed by atoms with Gasteiger partial charge in [0.1, 0.15) is 0 Å². The molecule has 0 fully saturated rings. The van der Waals surface area contributed by atoms with Crippen molar-refractivity contribution in [3.63, 3.8) is 0 Å². The maximum atomic E-state index is 10.4. The maximum absolute atomic E-state index is 10.4. The predicted octanol–water partition coefficient (Wildman–Crippen LogP) is 4.00. The molecule has 0 aliphatic carbocycles. The Bertz CT molecular complexity index is 208. The zero-order valence-corrected chi connectivity index (χ0v) is 12.8. The molecule has 6 heteroatoms. The van der Waals surface area contributed by atoms with E-state index in [1.807, 2.05) is 0 Å². The van der Waals surface area contributed by atoms with Crippen LogP contribution in [0.5, 0.6) is 0 Å². The molecule has 0 aliphatic heterocycles. The first-order chi connectivity index (χ1) is 8.06. The molecule has 0 amide bonds. The molecule has 0 aliphatic rings. The Labute approximate surface area is 113 Å². The summed E-state index contributed by atoms with van der Waals surface area (Å²) in [7, 11) is -4.25. The fraction of sp³-hybridized carbons (Fsp3) is 1.00. The highest BCUT2D eigenvalue weighted by atomic mass is 79.9. The van der Waals surface area contributed by atoms with Crippen molar-refractivity contribution in [2.75, 3.05) is 11.9 Å². The van der Waals surface area contributed by atoms with Crippen LogP contribution in [0.3, 0.4) is 0 Å². The van der Waals surface area contributed by atoms with E-state index in [9.17, 15) is 4.57 Å². The average molecular weight is 331 g/mol. The summed E-state index contributed by atoms with van der Waals surface area (Å²) in [5, 5.41) is 1.10. The minimum absolute atomic E-state index is 0.162. The summed E-state index contributed by atoms with van der Waals surface area (Å²) in [5.41, 5.74) is 0. The van der Waals surface area contributed by atoms with E-state index in [0.29, 0.717) is 0 Å². The van der Waals surface area contributed by atoms with Crippen LogP contribution in [0.2, 0.25) is 0 Å². The molecule has 4 nitrogen and oxygen atoms in total. The second-order valence-electron chi connectivity index (χ2n) is 4.19. The summed E-state index contributed by atoms with van der Waals surface area (Å²) in [5.74, 6) is 0. The molecular weight excluding hydrogens is 307 g/mol. The number of hydrogen-bond donors (Lipinski definition) is 2. The zero-order valence-electron chi connectivity index (χ0n) is 10.3. The molecule has 2 N–H and O–H groups in total. The van der Waals surface area contributed by atoms with Crippen molar-refractivity contribution < 1.29 is 18.9 Å². The lowest BCUT2D eigenvalue weighted by Gasteiger charge is -2.04. The van der Waals surface area contributed by atoms with E-state index in [0.717, 1.165) is 24.6 Å². The molecule has 0 radical (unpaired) electrons. The van der Waals surface area contributed by atoms with Crippen molar-refractivity contribution in [2.24, 2.45) is 0 Å². The smallest absolute Gasteiger partial charge is 0.303 e. The Morgan fingerprint density at radius 1 is 0.824 bits per heavy atom. The van der Waals surface area contributed by atoms with Crippen LogP contribution in [0.25, 0.3) is 0 Å². The largest absolute Gasteiger partial charge is 0.469 e. The molecule has 17 heavy (non-hydrogen) atoms. The van der Waals surface area contributed by atoms with Gasteiger partial charge in [-0.25, -0.2) is 4.57 Å². The molecule has 0 spiro atoms. The van der Waals surface area contributed by atoms with Crippen LogP contribution in [0.4, 0.5) is 0 Å². The van der Waals surface area contributed by atoms with Gasteiger partial charge >= 0.3 is 7.82 Å². The summed E-state index contributed by atoms with van der Waals surface area (Å²) in [6.45, 7) is 0.162. The van der Waals surface area contributed by atoms with Crippen molar-refractivity contribution >= 4 is 23.8 Å². The van der Waals surface area contributed by atoms with Crippen LogP contribution >= 0.6 is 23.8 Å². The second-order valence-corrected chi connectivity index (χ2v) is 6.23. The van der Waals surface area contributed by atoms with Crippen molar-refractivity contribution in [3.8, 4) is 0 Å². The van der Waals surface area contributed by atoms with Crippen molar-refractivity contribution in [1.82, 2.24) is 0 Å². The number of rotatable bonds is 12. The van der Waals surface area contributed by atoms with E-state index in [-0.39, 0.29) is 6.61 Å². The molecule has 0 bridgehead atoms. The van der Waals surface area contributed by atoms with Gasteiger partial charge in [0.05, 0.1) is 6.61 Å². The van der Waals surface area contributed by atoms with Gasteiger partial charge in [-0.2, -0.15) is 0 Å². The lowest BCUT2D eigenvalue weighted by molar-refractivity contribution is 0.193. The number of halogens is 1. The number of unbranched alkanes of at least 4 members (excludes halogenated alkanes) is 8. The van der Waals surface area contributed by atoms with Gasteiger partial charge in [0.25, 0.3) is 0 Å². The van der Waals surface area contributed by atoms with Gasteiger partial charge in [0.15, 0.2) is 0 Å². The van der Waals surface area contributed by atoms with Crippen LogP contribution < -0.4 is 0 Å². The summed E-state index contributed by atoms with van der Waals surface area (Å²) < 4.78 is 14.7. The third-order valence-electron chi connectivity index (χ3n) is 2.54. The fourth-order valence-corrected chi connectivity index (χ4v) is 2.38. The number of hydrogen-bond acceptors (Lipinski definition) is 2. The normalized spacial score (nSPS) is 11.9. The second kappa shape index (κ2) is 11.7. The summed E-state index contributed by atoms with van der Waals surface area (Å²) in [6.07, 6.45) is 10.5. The van der Waals surface area contributed by atoms with E-state index < -0.39 is 7.82 Å². The molecule has 0 rings (SSSR count).